The standard InChI is InChI=1S/C21H24FN5OS/c1-4-24-21(26-13-20-14(2)27-15(3)29-20)25-11-16-7-8-19(18(22)10-16)28-17-6-5-9-23-12-17/h5-10,12H,4,11,13H2,1-3H3,(H2,24,25,26). The molecule has 0 fully saturated rings. The molecule has 0 aliphatic carbocycles. The maximum absolute atomic E-state index is 14.4. The van der Waals surface area contributed by atoms with Gasteiger partial charge in [0, 0.05) is 17.6 Å². The monoisotopic (exact) mass is 413 g/mol. The Morgan fingerprint density at radius 2 is 2.10 bits per heavy atom. The first-order chi connectivity index (χ1) is 14.0. The van der Waals surface area contributed by atoms with E-state index in [0.29, 0.717) is 24.8 Å². The van der Waals surface area contributed by atoms with E-state index in [1.165, 1.54) is 10.9 Å². The van der Waals surface area contributed by atoms with Gasteiger partial charge in [-0.2, -0.15) is 0 Å². The van der Waals surface area contributed by atoms with E-state index in [1.807, 2.05) is 20.8 Å². The number of thiazole rings is 1. The third-order valence-corrected chi connectivity index (χ3v) is 5.11. The Balaban J connectivity index is 1.64. The van der Waals surface area contributed by atoms with Gasteiger partial charge in [-0.05, 0) is 50.6 Å². The Labute approximate surface area is 173 Å². The molecule has 0 atom stereocenters. The van der Waals surface area contributed by atoms with Crippen LogP contribution in [0, 0.1) is 19.7 Å². The smallest absolute Gasteiger partial charge is 0.191 e. The molecule has 0 saturated heterocycles. The third-order valence-electron chi connectivity index (χ3n) is 4.04. The number of hydrogen-bond donors (Lipinski definition) is 2. The van der Waals surface area contributed by atoms with Gasteiger partial charge in [-0.1, -0.05) is 6.07 Å². The van der Waals surface area contributed by atoms with Crippen LogP contribution < -0.4 is 15.4 Å². The maximum Gasteiger partial charge on any atom is 0.191 e. The molecule has 2 heterocycles. The summed E-state index contributed by atoms with van der Waals surface area (Å²) in [4.78, 5) is 14.1. The number of nitrogens with one attached hydrogen (secondary N) is 2. The van der Waals surface area contributed by atoms with Gasteiger partial charge in [0.1, 0.15) is 5.75 Å². The van der Waals surface area contributed by atoms with Crippen LogP contribution in [-0.4, -0.2) is 22.5 Å². The number of halogens is 1. The summed E-state index contributed by atoms with van der Waals surface area (Å²) in [6.07, 6.45) is 3.18. The van der Waals surface area contributed by atoms with Crippen LogP contribution in [0.4, 0.5) is 4.39 Å². The summed E-state index contributed by atoms with van der Waals surface area (Å²) in [5, 5.41) is 7.56. The molecule has 0 unspecified atom stereocenters. The predicted octanol–water partition coefficient (Wildman–Crippen LogP) is 4.34. The maximum atomic E-state index is 14.4. The van der Waals surface area contributed by atoms with Crippen molar-refractivity contribution in [3.05, 3.63) is 69.7 Å². The Hall–Kier alpha value is -3.00. The Bertz CT molecular complexity index is 974. The highest BCUT2D eigenvalue weighted by molar-refractivity contribution is 7.11. The number of hydrogen-bond acceptors (Lipinski definition) is 5. The Morgan fingerprint density at radius 3 is 2.76 bits per heavy atom. The van der Waals surface area contributed by atoms with Crippen molar-refractivity contribution in [2.75, 3.05) is 6.54 Å². The number of rotatable bonds is 7. The number of aliphatic imine (C=N–C) groups is 1. The van der Waals surface area contributed by atoms with E-state index in [0.717, 1.165) is 22.8 Å². The number of ether oxygens (including phenoxy) is 1. The Morgan fingerprint density at radius 1 is 1.24 bits per heavy atom. The molecule has 0 spiro atoms. The SMILES string of the molecule is CCNC(=NCc1ccc(Oc2cccnc2)c(F)c1)NCc1sc(C)nc1C. The molecule has 0 aliphatic rings. The van der Waals surface area contributed by atoms with Crippen molar-refractivity contribution < 1.29 is 9.13 Å². The van der Waals surface area contributed by atoms with Gasteiger partial charge in [-0.3, -0.25) is 4.98 Å². The first-order valence-corrected chi connectivity index (χ1v) is 10.2. The predicted molar refractivity (Wildman–Crippen MR) is 114 cm³/mol. The van der Waals surface area contributed by atoms with Crippen LogP contribution in [0.5, 0.6) is 11.5 Å². The quantitative estimate of drug-likeness (QED) is 0.445. The Kier molecular flexibility index (Phi) is 7.13. The summed E-state index contributed by atoms with van der Waals surface area (Å²) in [6.45, 7) is 7.73. The molecular formula is C21H24FN5OS. The van der Waals surface area contributed by atoms with Crippen LogP contribution in [0.2, 0.25) is 0 Å². The van der Waals surface area contributed by atoms with Crippen molar-refractivity contribution in [3.8, 4) is 11.5 Å². The number of nitrogens with zero attached hydrogens (tertiary/aromatic N) is 3. The van der Waals surface area contributed by atoms with Gasteiger partial charge in [0.05, 0.1) is 30.0 Å². The highest BCUT2D eigenvalue weighted by Gasteiger charge is 2.08. The molecule has 0 saturated carbocycles. The number of aryl methyl sites for hydroxylation is 2. The topological polar surface area (TPSA) is 71.4 Å². The minimum atomic E-state index is -0.435. The van der Waals surface area contributed by atoms with E-state index >= 15 is 0 Å². The van der Waals surface area contributed by atoms with E-state index in [4.69, 9.17) is 4.74 Å². The summed E-state index contributed by atoms with van der Waals surface area (Å²) >= 11 is 1.67. The summed E-state index contributed by atoms with van der Waals surface area (Å²) in [5.41, 5.74) is 1.78. The van der Waals surface area contributed by atoms with Crippen LogP contribution in [-0.2, 0) is 13.1 Å². The first-order valence-electron chi connectivity index (χ1n) is 9.36. The van der Waals surface area contributed by atoms with E-state index in [1.54, 1.807) is 48.0 Å². The lowest BCUT2D eigenvalue weighted by Crippen LogP contribution is -2.36. The van der Waals surface area contributed by atoms with Gasteiger partial charge in [0.25, 0.3) is 0 Å². The highest BCUT2D eigenvalue weighted by Crippen LogP contribution is 2.24. The van der Waals surface area contributed by atoms with E-state index < -0.39 is 5.82 Å². The van der Waals surface area contributed by atoms with E-state index in [9.17, 15) is 4.39 Å². The second-order valence-electron chi connectivity index (χ2n) is 6.35. The second kappa shape index (κ2) is 9.97. The van der Waals surface area contributed by atoms with Crippen LogP contribution in [0.1, 0.15) is 28.1 Å². The number of aromatic nitrogens is 2. The van der Waals surface area contributed by atoms with Gasteiger partial charge >= 0.3 is 0 Å². The average Bonchev–Trinajstić information content (AvgIpc) is 3.04. The molecule has 0 amide bonds. The normalized spacial score (nSPS) is 11.4. The van der Waals surface area contributed by atoms with E-state index in [2.05, 4.69) is 25.6 Å². The average molecular weight is 414 g/mol. The minimum absolute atomic E-state index is 0.159. The molecule has 0 aliphatic heterocycles. The lowest BCUT2D eigenvalue weighted by molar-refractivity contribution is 0.440. The van der Waals surface area contributed by atoms with Gasteiger partial charge in [-0.15, -0.1) is 11.3 Å². The summed E-state index contributed by atoms with van der Waals surface area (Å²) in [6, 6.07) is 8.32. The zero-order valence-corrected chi connectivity index (χ0v) is 17.5. The molecule has 1 aromatic carbocycles. The first kappa shape index (κ1) is 20.7. The molecular weight excluding hydrogens is 389 g/mol. The van der Waals surface area contributed by atoms with E-state index in [-0.39, 0.29) is 5.75 Å². The summed E-state index contributed by atoms with van der Waals surface area (Å²) in [7, 11) is 0. The van der Waals surface area contributed by atoms with Crippen molar-refractivity contribution in [1.29, 1.82) is 0 Å². The van der Waals surface area contributed by atoms with Crippen LogP contribution in [0.3, 0.4) is 0 Å². The lowest BCUT2D eigenvalue weighted by atomic mass is 10.2. The highest BCUT2D eigenvalue weighted by atomic mass is 32.1. The molecule has 3 rings (SSSR count). The minimum Gasteiger partial charge on any atom is -0.453 e. The molecule has 0 radical (unpaired) electrons. The molecule has 8 heteroatoms. The van der Waals surface area contributed by atoms with Crippen molar-refractivity contribution in [2.45, 2.75) is 33.9 Å². The van der Waals surface area contributed by atoms with Gasteiger partial charge < -0.3 is 15.4 Å². The van der Waals surface area contributed by atoms with Crippen molar-refractivity contribution in [1.82, 2.24) is 20.6 Å². The fourth-order valence-electron chi connectivity index (χ4n) is 2.67. The number of guanidine groups is 1. The van der Waals surface area contributed by atoms with Crippen LogP contribution >= 0.6 is 11.3 Å². The molecule has 152 valence electrons. The van der Waals surface area contributed by atoms with Crippen LogP contribution in [0.25, 0.3) is 0 Å². The zero-order chi connectivity index (χ0) is 20.6. The number of pyridine rings is 1. The van der Waals surface area contributed by atoms with Crippen molar-refractivity contribution >= 4 is 17.3 Å². The summed E-state index contributed by atoms with van der Waals surface area (Å²) < 4.78 is 19.9. The molecule has 6 nitrogen and oxygen atoms in total. The number of benzene rings is 1. The third kappa shape index (κ3) is 5.99. The molecule has 29 heavy (non-hydrogen) atoms. The fraction of sp³-hybridized carbons (Fsp3) is 0.286. The second-order valence-corrected chi connectivity index (χ2v) is 7.63. The van der Waals surface area contributed by atoms with Gasteiger partial charge in [0.15, 0.2) is 17.5 Å². The van der Waals surface area contributed by atoms with Crippen molar-refractivity contribution in [3.63, 3.8) is 0 Å². The van der Waals surface area contributed by atoms with Crippen molar-refractivity contribution in [2.24, 2.45) is 4.99 Å². The molecule has 2 aromatic heterocycles. The van der Waals surface area contributed by atoms with Gasteiger partial charge in [-0.25, -0.2) is 14.4 Å². The summed E-state index contributed by atoms with van der Waals surface area (Å²) in [5.74, 6) is 0.889. The fourth-order valence-corrected chi connectivity index (χ4v) is 3.55. The van der Waals surface area contributed by atoms with Gasteiger partial charge in [0.2, 0.25) is 0 Å². The molecule has 0 bridgehead atoms. The largest absolute Gasteiger partial charge is 0.453 e. The van der Waals surface area contributed by atoms with Crippen LogP contribution in [0.15, 0.2) is 47.7 Å². The zero-order valence-electron chi connectivity index (χ0n) is 16.7. The molecule has 2 N–H and O–H groups in total. The molecule has 3 aromatic rings. The lowest BCUT2D eigenvalue weighted by Gasteiger charge is -2.11.